The topological polar surface area (TPSA) is 84.2 Å². The second-order valence-corrected chi connectivity index (χ2v) is 9.65. The van der Waals surface area contributed by atoms with Gasteiger partial charge in [-0.05, 0) is 56.0 Å². The van der Waals surface area contributed by atoms with Crippen LogP contribution in [0.5, 0.6) is 0 Å². The van der Waals surface area contributed by atoms with E-state index in [4.69, 9.17) is 4.52 Å². The van der Waals surface area contributed by atoms with Crippen LogP contribution in [-0.2, 0) is 11.3 Å². The highest BCUT2D eigenvalue weighted by atomic mass is 32.1. The summed E-state index contributed by atoms with van der Waals surface area (Å²) in [5.41, 5.74) is 1.73. The smallest absolute Gasteiger partial charge is 0.241 e. The van der Waals surface area contributed by atoms with Gasteiger partial charge in [0.15, 0.2) is 0 Å². The first-order valence-corrected chi connectivity index (χ1v) is 11.6. The maximum Gasteiger partial charge on any atom is 0.241 e. The Morgan fingerprint density at radius 2 is 2.27 bits per heavy atom. The van der Waals surface area contributed by atoms with Gasteiger partial charge in [0.1, 0.15) is 0 Å². The van der Waals surface area contributed by atoms with E-state index in [2.05, 4.69) is 25.3 Å². The van der Waals surface area contributed by atoms with Crippen LogP contribution in [0.25, 0.3) is 20.9 Å². The van der Waals surface area contributed by atoms with E-state index >= 15 is 0 Å². The van der Waals surface area contributed by atoms with Gasteiger partial charge in [-0.3, -0.25) is 9.69 Å². The van der Waals surface area contributed by atoms with Crippen molar-refractivity contribution in [2.75, 3.05) is 18.4 Å². The molecule has 1 saturated heterocycles. The lowest BCUT2D eigenvalue weighted by Crippen LogP contribution is -2.40. The number of aryl methyl sites for hydroxylation is 1. The Hall–Kier alpha value is -2.62. The van der Waals surface area contributed by atoms with Gasteiger partial charge in [0.25, 0.3) is 0 Å². The number of hydrogen-bond acceptors (Lipinski definition) is 8. The number of hydrogen-bond donors (Lipinski definition) is 1. The molecular formula is C21H21N5O2S2. The van der Waals surface area contributed by atoms with Gasteiger partial charge >= 0.3 is 0 Å². The second-order valence-electron chi connectivity index (χ2n) is 7.47. The maximum atomic E-state index is 12.9. The second kappa shape index (κ2) is 8.25. The number of aromatic nitrogens is 3. The number of nitrogens with zero attached hydrogens (tertiary/aromatic N) is 4. The lowest BCUT2D eigenvalue weighted by Gasteiger charge is -2.30. The number of carbonyl (C=O) groups is 1. The lowest BCUT2D eigenvalue weighted by atomic mass is 9.97. The van der Waals surface area contributed by atoms with Crippen LogP contribution in [-0.4, -0.2) is 39.0 Å². The fraction of sp³-hybridized carbons (Fsp3) is 0.333. The summed E-state index contributed by atoms with van der Waals surface area (Å²) in [6.45, 7) is 4.16. The third-order valence-corrected chi connectivity index (χ3v) is 7.02. The summed E-state index contributed by atoms with van der Waals surface area (Å²) in [6, 6.07) is 9.86. The average Bonchev–Trinajstić information content (AvgIpc) is 3.48. The molecule has 1 aliphatic rings. The summed E-state index contributed by atoms with van der Waals surface area (Å²) in [7, 11) is 0. The number of fused-ring (bicyclic) bond motifs is 1. The molecule has 0 spiro atoms. The molecule has 3 aromatic heterocycles. The Labute approximate surface area is 181 Å². The van der Waals surface area contributed by atoms with Crippen molar-refractivity contribution in [1.29, 1.82) is 0 Å². The summed E-state index contributed by atoms with van der Waals surface area (Å²) in [4.78, 5) is 25.1. The average molecular weight is 440 g/mol. The highest BCUT2D eigenvalue weighted by molar-refractivity contribution is 7.18. The molecule has 5 rings (SSSR count). The zero-order valence-corrected chi connectivity index (χ0v) is 18.1. The number of anilines is 1. The van der Waals surface area contributed by atoms with E-state index < -0.39 is 0 Å². The predicted molar refractivity (Wildman–Crippen MR) is 119 cm³/mol. The molecule has 1 atom stereocenters. The molecule has 1 aliphatic heterocycles. The van der Waals surface area contributed by atoms with Gasteiger partial charge in [-0.15, -0.1) is 22.7 Å². The molecule has 4 heterocycles. The molecular weight excluding hydrogens is 418 g/mol. The van der Waals surface area contributed by atoms with E-state index in [0.717, 1.165) is 45.2 Å². The Morgan fingerprint density at radius 3 is 3.13 bits per heavy atom. The number of likely N-dealkylation sites (tertiary alicyclic amines) is 1. The molecule has 1 fully saturated rings. The highest BCUT2D eigenvalue weighted by Gasteiger charge is 2.27. The number of thiophene rings is 1. The van der Waals surface area contributed by atoms with Gasteiger partial charge < -0.3 is 9.84 Å². The molecule has 7 nitrogen and oxygen atoms in total. The number of piperidine rings is 1. The van der Waals surface area contributed by atoms with Crippen LogP contribution in [0.3, 0.4) is 0 Å². The van der Waals surface area contributed by atoms with Crippen molar-refractivity contribution in [2.24, 2.45) is 5.92 Å². The molecule has 0 unspecified atom stereocenters. The first kappa shape index (κ1) is 19.3. The normalized spacial score (nSPS) is 17.4. The van der Waals surface area contributed by atoms with Crippen LogP contribution in [0.1, 0.15) is 23.7 Å². The number of rotatable bonds is 5. The highest BCUT2D eigenvalue weighted by Crippen LogP contribution is 2.26. The third kappa shape index (κ3) is 4.14. The van der Waals surface area contributed by atoms with Crippen LogP contribution < -0.4 is 5.32 Å². The van der Waals surface area contributed by atoms with Crippen molar-refractivity contribution >= 4 is 44.5 Å². The SMILES string of the molecule is Cc1nc2cc(NC(=O)[C@@H]3CCCN(Cc4nc(-c5cccs5)no4)C3)ccc2s1. The van der Waals surface area contributed by atoms with Gasteiger partial charge in [-0.1, -0.05) is 11.2 Å². The van der Waals surface area contributed by atoms with Crippen LogP contribution in [0.15, 0.2) is 40.2 Å². The molecule has 0 aliphatic carbocycles. The number of carbonyl (C=O) groups excluding carboxylic acids is 1. The van der Waals surface area contributed by atoms with Crippen molar-refractivity contribution < 1.29 is 9.32 Å². The van der Waals surface area contributed by atoms with E-state index in [-0.39, 0.29) is 11.8 Å². The van der Waals surface area contributed by atoms with Crippen LogP contribution in [0.2, 0.25) is 0 Å². The third-order valence-electron chi connectivity index (χ3n) is 5.21. The lowest BCUT2D eigenvalue weighted by molar-refractivity contribution is -0.121. The molecule has 1 N–H and O–H groups in total. The first-order chi connectivity index (χ1) is 14.6. The summed E-state index contributed by atoms with van der Waals surface area (Å²) in [5.74, 6) is 1.20. The minimum Gasteiger partial charge on any atom is -0.338 e. The van der Waals surface area contributed by atoms with E-state index in [1.807, 2.05) is 42.6 Å². The summed E-state index contributed by atoms with van der Waals surface area (Å²) in [6.07, 6.45) is 1.85. The summed E-state index contributed by atoms with van der Waals surface area (Å²) < 4.78 is 6.56. The van der Waals surface area contributed by atoms with Gasteiger partial charge in [0, 0.05) is 12.2 Å². The monoisotopic (exact) mass is 439 g/mol. The van der Waals surface area contributed by atoms with Gasteiger partial charge in [0.05, 0.1) is 32.6 Å². The molecule has 1 aromatic carbocycles. The molecule has 9 heteroatoms. The van der Waals surface area contributed by atoms with Crippen molar-refractivity contribution in [3.05, 3.63) is 46.6 Å². The van der Waals surface area contributed by atoms with E-state index in [1.54, 1.807) is 22.7 Å². The zero-order chi connectivity index (χ0) is 20.5. The van der Waals surface area contributed by atoms with E-state index in [1.165, 1.54) is 0 Å². The minimum absolute atomic E-state index is 0.0517. The summed E-state index contributed by atoms with van der Waals surface area (Å²) in [5, 5.41) is 10.2. The molecule has 30 heavy (non-hydrogen) atoms. The van der Waals surface area contributed by atoms with Crippen molar-refractivity contribution in [3.63, 3.8) is 0 Å². The largest absolute Gasteiger partial charge is 0.338 e. The Balaban J connectivity index is 1.21. The minimum atomic E-state index is -0.0636. The van der Waals surface area contributed by atoms with E-state index in [9.17, 15) is 4.79 Å². The molecule has 154 valence electrons. The first-order valence-electron chi connectivity index (χ1n) is 9.91. The van der Waals surface area contributed by atoms with Gasteiger partial charge in [0.2, 0.25) is 17.6 Å². The Bertz CT molecular complexity index is 1170. The predicted octanol–water partition coefficient (Wildman–Crippen LogP) is 4.57. The van der Waals surface area contributed by atoms with Crippen molar-refractivity contribution in [2.45, 2.75) is 26.3 Å². The van der Waals surface area contributed by atoms with Gasteiger partial charge in [-0.25, -0.2) is 4.98 Å². The molecule has 4 aromatic rings. The van der Waals surface area contributed by atoms with Crippen molar-refractivity contribution in [1.82, 2.24) is 20.0 Å². The number of nitrogens with one attached hydrogen (secondary N) is 1. The number of benzene rings is 1. The Kier molecular flexibility index (Phi) is 5.32. The molecule has 0 bridgehead atoms. The molecule has 0 radical (unpaired) electrons. The standard InChI is InChI=1S/C21H21N5O2S2/c1-13-22-16-10-15(6-7-17(16)30-13)23-21(27)14-4-2-8-26(11-14)12-19-24-20(25-28-19)18-5-3-9-29-18/h3,5-7,9-10,14H,2,4,8,11-12H2,1H3,(H,23,27)/t14-/m1/s1. The zero-order valence-electron chi connectivity index (χ0n) is 16.5. The van der Waals surface area contributed by atoms with Crippen LogP contribution in [0, 0.1) is 12.8 Å². The fourth-order valence-electron chi connectivity index (χ4n) is 3.79. The van der Waals surface area contributed by atoms with Crippen LogP contribution in [0.4, 0.5) is 5.69 Å². The quantitative estimate of drug-likeness (QED) is 0.490. The maximum absolute atomic E-state index is 12.9. The number of amides is 1. The molecule has 1 amide bonds. The van der Waals surface area contributed by atoms with Crippen molar-refractivity contribution in [3.8, 4) is 10.7 Å². The van der Waals surface area contributed by atoms with E-state index in [0.29, 0.717) is 24.8 Å². The van der Waals surface area contributed by atoms with Crippen LogP contribution >= 0.6 is 22.7 Å². The summed E-state index contributed by atoms with van der Waals surface area (Å²) >= 11 is 3.25. The fourth-order valence-corrected chi connectivity index (χ4v) is 5.25. The Morgan fingerprint density at radius 1 is 1.33 bits per heavy atom. The molecule has 0 saturated carbocycles. The van der Waals surface area contributed by atoms with Gasteiger partial charge in [-0.2, -0.15) is 4.98 Å². The number of thiazole rings is 1.